The Hall–Kier alpha value is -2.40. The second kappa shape index (κ2) is 4.94. The van der Waals surface area contributed by atoms with Crippen LogP contribution in [0.1, 0.15) is 5.56 Å². The van der Waals surface area contributed by atoms with Gasteiger partial charge in [-0.15, -0.1) is 0 Å². The van der Waals surface area contributed by atoms with Crippen molar-refractivity contribution in [3.05, 3.63) is 54.1 Å². The van der Waals surface area contributed by atoms with Crippen LogP contribution in [-0.2, 0) is 0 Å². The third kappa shape index (κ3) is 2.12. The highest BCUT2D eigenvalue weighted by Crippen LogP contribution is 2.29. The van der Waals surface area contributed by atoms with Gasteiger partial charge in [0.15, 0.2) is 5.58 Å². The number of para-hydroxylation sites is 3. The first-order valence-electron chi connectivity index (χ1n) is 6.15. The number of fused-ring (bicyclic) bond motifs is 1. The lowest BCUT2D eigenvalue weighted by Gasteiger charge is -2.17. The molecular weight excluding hydrogens is 270 g/mol. The maximum Gasteiger partial charge on any atom is 0.302 e. The van der Waals surface area contributed by atoms with Crippen molar-refractivity contribution in [1.29, 1.82) is 0 Å². The zero-order valence-corrected chi connectivity index (χ0v) is 11.7. The normalized spacial score (nSPS) is 10.7. The van der Waals surface area contributed by atoms with Gasteiger partial charge in [0.25, 0.3) is 0 Å². The van der Waals surface area contributed by atoms with Gasteiger partial charge >= 0.3 is 6.01 Å². The number of nitrogens with two attached hydrogens (primary N) is 1. The molecule has 0 aliphatic carbocycles. The molecule has 0 saturated heterocycles. The molecule has 4 nitrogen and oxygen atoms in total. The Balaban J connectivity index is 2.08. The van der Waals surface area contributed by atoms with E-state index in [0.29, 0.717) is 11.0 Å². The monoisotopic (exact) mass is 283 g/mol. The van der Waals surface area contributed by atoms with E-state index in [2.05, 4.69) is 4.98 Å². The van der Waals surface area contributed by atoms with E-state index in [0.717, 1.165) is 22.4 Å². The molecule has 20 heavy (non-hydrogen) atoms. The van der Waals surface area contributed by atoms with Crippen LogP contribution in [0.3, 0.4) is 0 Å². The molecule has 0 radical (unpaired) electrons. The molecule has 1 aromatic heterocycles. The van der Waals surface area contributed by atoms with Crippen LogP contribution in [0, 0.1) is 0 Å². The van der Waals surface area contributed by atoms with Crippen LogP contribution in [0.4, 0.5) is 11.7 Å². The third-order valence-electron chi connectivity index (χ3n) is 3.10. The lowest BCUT2D eigenvalue weighted by atomic mass is 10.1. The van der Waals surface area contributed by atoms with Crippen LogP contribution < -0.4 is 10.6 Å². The summed E-state index contributed by atoms with van der Waals surface area (Å²) >= 11 is 5.08. The van der Waals surface area contributed by atoms with Gasteiger partial charge in [-0.25, -0.2) is 0 Å². The lowest BCUT2D eigenvalue weighted by Crippen LogP contribution is -2.17. The van der Waals surface area contributed by atoms with E-state index in [-0.39, 0.29) is 0 Å². The fraction of sp³-hybridized carbons (Fsp3) is 0.0667. The van der Waals surface area contributed by atoms with Gasteiger partial charge in [0.2, 0.25) is 0 Å². The smallest absolute Gasteiger partial charge is 0.302 e. The maximum absolute atomic E-state index is 5.76. The topological polar surface area (TPSA) is 55.3 Å². The summed E-state index contributed by atoms with van der Waals surface area (Å²) in [5, 5.41) is 0. The lowest BCUT2D eigenvalue weighted by molar-refractivity contribution is 0.603. The van der Waals surface area contributed by atoms with Crippen molar-refractivity contribution in [1.82, 2.24) is 4.98 Å². The van der Waals surface area contributed by atoms with Gasteiger partial charge in [-0.1, -0.05) is 36.5 Å². The van der Waals surface area contributed by atoms with Crippen molar-refractivity contribution >= 4 is 40.0 Å². The van der Waals surface area contributed by atoms with E-state index < -0.39 is 0 Å². The van der Waals surface area contributed by atoms with Crippen LogP contribution in [0.2, 0.25) is 0 Å². The fourth-order valence-corrected chi connectivity index (χ4v) is 2.25. The number of rotatable bonds is 3. The Morgan fingerprint density at radius 3 is 2.60 bits per heavy atom. The summed E-state index contributed by atoms with van der Waals surface area (Å²) in [6, 6.07) is 15.8. The average Bonchev–Trinajstić information content (AvgIpc) is 2.90. The van der Waals surface area contributed by atoms with Crippen molar-refractivity contribution in [2.75, 3.05) is 11.9 Å². The van der Waals surface area contributed by atoms with E-state index in [4.69, 9.17) is 22.4 Å². The largest absolute Gasteiger partial charge is 0.423 e. The van der Waals surface area contributed by atoms with Gasteiger partial charge in [0.1, 0.15) is 10.5 Å². The van der Waals surface area contributed by atoms with E-state index in [9.17, 15) is 0 Å². The highest BCUT2D eigenvalue weighted by atomic mass is 32.1. The van der Waals surface area contributed by atoms with Crippen molar-refractivity contribution in [2.24, 2.45) is 5.73 Å². The summed E-state index contributed by atoms with van der Waals surface area (Å²) in [6.07, 6.45) is 0. The number of aromatic nitrogens is 1. The highest BCUT2D eigenvalue weighted by molar-refractivity contribution is 7.80. The van der Waals surface area contributed by atoms with Gasteiger partial charge in [0.05, 0.1) is 5.69 Å². The van der Waals surface area contributed by atoms with E-state index >= 15 is 0 Å². The summed E-state index contributed by atoms with van der Waals surface area (Å²) in [4.78, 5) is 6.66. The van der Waals surface area contributed by atoms with Gasteiger partial charge in [-0.2, -0.15) is 4.98 Å². The average molecular weight is 283 g/mol. The molecule has 0 bridgehead atoms. The molecule has 0 atom stereocenters. The van der Waals surface area contributed by atoms with E-state index in [1.165, 1.54) is 0 Å². The highest BCUT2D eigenvalue weighted by Gasteiger charge is 2.15. The first kappa shape index (κ1) is 12.6. The molecule has 0 amide bonds. The van der Waals surface area contributed by atoms with Crippen molar-refractivity contribution in [3.63, 3.8) is 0 Å². The fourth-order valence-electron chi connectivity index (χ4n) is 2.08. The van der Waals surface area contributed by atoms with Crippen LogP contribution in [-0.4, -0.2) is 17.0 Å². The first-order chi connectivity index (χ1) is 9.66. The minimum Gasteiger partial charge on any atom is -0.423 e. The van der Waals surface area contributed by atoms with Crippen LogP contribution in [0.25, 0.3) is 11.1 Å². The van der Waals surface area contributed by atoms with Gasteiger partial charge < -0.3 is 10.2 Å². The Labute approximate surface area is 121 Å². The number of hydrogen-bond donors (Lipinski definition) is 1. The minimum absolute atomic E-state index is 0.351. The van der Waals surface area contributed by atoms with Crippen LogP contribution in [0.5, 0.6) is 0 Å². The van der Waals surface area contributed by atoms with E-state index in [1.54, 1.807) is 0 Å². The molecule has 1 heterocycles. The Bertz CT molecular complexity index is 748. The number of nitrogens with zero attached hydrogens (tertiary/aromatic N) is 2. The van der Waals surface area contributed by atoms with Gasteiger partial charge in [-0.3, -0.25) is 4.90 Å². The second-order valence-electron chi connectivity index (χ2n) is 4.40. The number of hydrogen-bond acceptors (Lipinski definition) is 4. The minimum atomic E-state index is 0.351. The predicted molar refractivity (Wildman–Crippen MR) is 84.4 cm³/mol. The second-order valence-corrected chi connectivity index (χ2v) is 4.84. The molecule has 3 rings (SSSR count). The summed E-state index contributed by atoms with van der Waals surface area (Å²) in [7, 11) is 1.88. The first-order valence-corrected chi connectivity index (χ1v) is 6.56. The third-order valence-corrected chi connectivity index (χ3v) is 3.32. The summed E-state index contributed by atoms with van der Waals surface area (Å²) in [5.74, 6) is 0. The molecular formula is C15H13N3OS. The Kier molecular flexibility index (Phi) is 3.12. The molecule has 0 saturated carbocycles. The van der Waals surface area contributed by atoms with Crippen molar-refractivity contribution in [2.45, 2.75) is 0 Å². The zero-order chi connectivity index (χ0) is 14.1. The van der Waals surface area contributed by atoms with Gasteiger partial charge in [0, 0.05) is 12.6 Å². The molecule has 100 valence electrons. The molecule has 0 fully saturated rings. The predicted octanol–water partition coefficient (Wildman–Crippen LogP) is 3.23. The van der Waals surface area contributed by atoms with Crippen molar-refractivity contribution in [3.8, 4) is 0 Å². The molecule has 0 unspecified atom stereocenters. The molecule has 5 heteroatoms. The van der Waals surface area contributed by atoms with E-state index in [1.807, 2.05) is 60.5 Å². The number of anilines is 2. The molecule has 2 N–H and O–H groups in total. The quantitative estimate of drug-likeness (QED) is 0.748. The molecule has 0 aliphatic heterocycles. The number of oxazole rings is 1. The molecule has 3 aromatic rings. The van der Waals surface area contributed by atoms with Gasteiger partial charge in [-0.05, 0) is 24.3 Å². The summed E-state index contributed by atoms with van der Waals surface area (Å²) < 4.78 is 5.75. The zero-order valence-electron chi connectivity index (χ0n) is 10.9. The number of benzene rings is 2. The maximum atomic E-state index is 5.76. The Morgan fingerprint density at radius 2 is 1.85 bits per heavy atom. The van der Waals surface area contributed by atoms with Crippen molar-refractivity contribution < 1.29 is 4.42 Å². The standard InChI is InChI=1S/C15H13N3OS/c1-18(12-8-4-2-6-10(12)14(16)20)15-17-11-7-3-5-9-13(11)19-15/h2-9H,1H3,(H2,16,20). The number of thiocarbonyl (C=S) groups is 1. The Morgan fingerprint density at radius 1 is 1.15 bits per heavy atom. The van der Waals surface area contributed by atoms with Crippen LogP contribution >= 0.6 is 12.2 Å². The SMILES string of the molecule is CN(c1nc2ccccc2o1)c1ccccc1C(N)=S. The van der Waals surface area contributed by atoms with Crippen LogP contribution in [0.15, 0.2) is 52.9 Å². The molecule has 0 spiro atoms. The summed E-state index contributed by atoms with van der Waals surface area (Å²) in [5.41, 5.74) is 9.00. The summed E-state index contributed by atoms with van der Waals surface area (Å²) in [6.45, 7) is 0. The molecule has 0 aliphatic rings. The molecule has 2 aromatic carbocycles.